The second-order valence-corrected chi connectivity index (χ2v) is 9.27. The van der Waals surface area contributed by atoms with E-state index in [0.29, 0.717) is 30.1 Å². The van der Waals surface area contributed by atoms with Crippen LogP contribution in [0.2, 0.25) is 0 Å². The van der Waals surface area contributed by atoms with Crippen LogP contribution in [0.1, 0.15) is 30.1 Å². The van der Waals surface area contributed by atoms with Gasteiger partial charge in [-0.2, -0.15) is 0 Å². The van der Waals surface area contributed by atoms with Gasteiger partial charge in [0.25, 0.3) is 0 Å². The Kier molecular flexibility index (Phi) is 6.13. The van der Waals surface area contributed by atoms with Crippen molar-refractivity contribution < 1.29 is 23.4 Å². The number of aromatic nitrogens is 2. The van der Waals surface area contributed by atoms with E-state index in [4.69, 9.17) is 19.2 Å². The van der Waals surface area contributed by atoms with Crippen LogP contribution in [0.4, 0.5) is 14.9 Å². The Morgan fingerprint density at radius 1 is 1.19 bits per heavy atom. The fraction of sp³-hybridized carbons (Fsp3) is 0.286. The largest absolute Gasteiger partial charge is 0.497 e. The minimum absolute atomic E-state index is 0.0415. The number of benzene rings is 2. The van der Waals surface area contributed by atoms with Gasteiger partial charge >= 0.3 is 6.03 Å². The fourth-order valence-electron chi connectivity index (χ4n) is 5.17. The zero-order chi connectivity index (χ0) is 25.4. The number of imidazole rings is 1. The first kappa shape index (κ1) is 23.3. The summed E-state index contributed by atoms with van der Waals surface area (Å²) in [7, 11) is 1.65. The molecule has 8 nitrogen and oxygen atoms in total. The maximum Gasteiger partial charge on any atom is 0.321 e. The third-order valence-electron chi connectivity index (χ3n) is 6.91. The lowest BCUT2D eigenvalue weighted by Crippen LogP contribution is -2.42. The Morgan fingerprint density at radius 2 is 2.11 bits per heavy atom. The number of nitrogens with one attached hydrogen (secondary N) is 1. The molecule has 4 aromatic rings. The number of carbonyl (C=O) groups excluding carboxylic acids is 1. The first-order valence-electron chi connectivity index (χ1n) is 12.3. The zero-order valence-corrected chi connectivity index (χ0v) is 20.4. The third-order valence-corrected chi connectivity index (χ3v) is 6.91. The molecule has 2 aromatic carbocycles. The lowest BCUT2D eigenvalue weighted by atomic mass is 9.97. The van der Waals surface area contributed by atoms with Crippen LogP contribution in [0.5, 0.6) is 11.5 Å². The molecule has 1 saturated heterocycles. The molecule has 0 radical (unpaired) electrons. The number of ether oxygens (including phenoxy) is 3. The minimum Gasteiger partial charge on any atom is -0.497 e. The summed E-state index contributed by atoms with van der Waals surface area (Å²) in [5.41, 5.74) is 3.74. The lowest BCUT2D eigenvalue weighted by Gasteiger charge is -2.32. The molecule has 0 saturated carbocycles. The van der Waals surface area contributed by atoms with Crippen molar-refractivity contribution in [2.75, 3.05) is 32.3 Å². The molecule has 0 spiro atoms. The summed E-state index contributed by atoms with van der Waals surface area (Å²) in [6, 6.07) is 16.3. The van der Waals surface area contributed by atoms with E-state index >= 15 is 0 Å². The molecule has 4 heterocycles. The Hall–Kier alpha value is -4.11. The van der Waals surface area contributed by atoms with Crippen molar-refractivity contribution in [3.8, 4) is 22.8 Å². The van der Waals surface area contributed by atoms with Crippen molar-refractivity contribution >= 4 is 17.2 Å². The highest BCUT2D eigenvalue weighted by Gasteiger charge is 2.29. The SMILES string of the molecule is COc1cccc(-c2nc(C3CCCN(C(=O)Nc4cc(F)cc5c4OCOC5)C3)n3ccccc23)c1. The molecule has 190 valence electrons. The van der Waals surface area contributed by atoms with Crippen molar-refractivity contribution in [2.45, 2.75) is 25.4 Å². The van der Waals surface area contributed by atoms with E-state index in [2.05, 4.69) is 15.8 Å². The molecule has 1 unspecified atom stereocenters. The molecule has 1 N–H and O–H groups in total. The minimum atomic E-state index is -0.450. The maximum absolute atomic E-state index is 14.2. The summed E-state index contributed by atoms with van der Waals surface area (Å²) in [4.78, 5) is 20.1. The van der Waals surface area contributed by atoms with Crippen molar-refractivity contribution in [3.63, 3.8) is 0 Å². The predicted octanol–water partition coefficient (Wildman–Crippen LogP) is 5.43. The first-order chi connectivity index (χ1) is 18.1. The average Bonchev–Trinajstić information content (AvgIpc) is 3.33. The number of hydrogen-bond acceptors (Lipinski definition) is 5. The van der Waals surface area contributed by atoms with E-state index in [1.54, 1.807) is 12.0 Å². The number of anilines is 1. The molecule has 2 aromatic heterocycles. The van der Waals surface area contributed by atoms with Crippen LogP contribution in [0, 0.1) is 5.82 Å². The fourth-order valence-corrected chi connectivity index (χ4v) is 5.17. The van der Waals surface area contributed by atoms with Gasteiger partial charge in [0.15, 0.2) is 12.5 Å². The Balaban J connectivity index is 1.27. The standard InChI is InChI=1S/C28H27FN4O4/c1-35-22-8-4-6-18(13-22)25-24-9-2-3-11-33(24)27(31-25)19-7-5-10-32(15-19)28(34)30-23-14-21(29)12-20-16-36-17-37-26(20)23/h2-4,6,8-9,11-14,19H,5,7,10,15-17H2,1H3,(H,30,34). The van der Waals surface area contributed by atoms with Gasteiger partial charge in [-0.05, 0) is 43.2 Å². The monoisotopic (exact) mass is 502 g/mol. The molecule has 6 rings (SSSR count). The number of halogens is 1. The summed E-state index contributed by atoms with van der Waals surface area (Å²) in [5, 5.41) is 2.86. The number of methoxy groups -OCH3 is 1. The van der Waals surface area contributed by atoms with E-state index in [1.807, 2.05) is 42.6 Å². The summed E-state index contributed by atoms with van der Waals surface area (Å²) >= 11 is 0. The van der Waals surface area contributed by atoms with Gasteiger partial charge < -0.3 is 28.8 Å². The van der Waals surface area contributed by atoms with E-state index in [1.165, 1.54) is 12.1 Å². The number of pyridine rings is 1. The van der Waals surface area contributed by atoms with Crippen LogP contribution in [0.15, 0.2) is 60.8 Å². The maximum atomic E-state index is 14.2. The molecule has 0 bridgehead atoms. The van der Waals surface area contributed by atoms with Crippen LogP contribution >= 0.6 is 0 Å². The molecular weight excluding hydrogens is 475 g/mol. The van der Waals surface area contributed by atoms with Gasteiger partial charge in [0.05, 0.1) is 30.6 Å². The van der Waals surface area contributed by atoms with Crippen LogP contribution in [0.3, 0.4) is 0 Å². The average molecular weight is 503 g/mol. The summed E-state index contributed by atoms with van der Waals surface area (Å²) in [5.74, 6) is 1.73. The van der Waals surface area contributed by atoms with Gasteiger partial charge in [0, 0.05) is 42.4 Å². The third kappa shape index (κ3) is 4.46. The molecule has 37 heavy (non-hydrogen) atoms. The number of fused-ring (bicyclic) bond motifs is 2. The molecule has 9 heteroatoms. The summed E-state index contributed by atoms with van der Waals surface area (Å²) < 4.78 is 32.5. The number of piperidine rings is 1. The quantitative estimate of drug-likeness (QED) is 0.403. The van der Waals surface area contributed by atoms with Crippen LogP contribution < -0.4 is 14.8 Å². The van der Waals surface area contributed by atoms with Crippen molar-refractivity contribution in [3.05, 3.63) is 78.0 Å². The topological polar surface area (TPSA) is 77.3 Å². The van der Waals surface area contributed by atoms with E-state index in [-0.39, 0.29) is 25.3 Å². The molecule has 1 fully saturated rings. The number of carbonyl (C=O) groups is 1. The highest BCUT2D eigenvalue weighted by atomic mass is 19.1. The van der Waals surface area contributed by atoms with Crippen molar-refractivity contribution in [2.24, 2.45) is 0 Å². The number of amides is 2. The van der Waals surface area contributed by atoms with Gasteiger partial charge in [-0.1, -0.05) is 18.2 Å². The molecular formula is C28H27FN4O4. The molecule has 1 atom stereocenters. The number of urea groups is 1. The number of nitrogens with zero attached hydrogens (tertiary/aromatic N) is 3. The molecule has 2 aliphatic heterocycles. The van der Waals surface area contributed by atoms with Crippen molar-refractivity contribution in [1.82, 2.24) is 14.3 Å². The van der Waals surface area contributed by atoms with Gasteiger partial charge in [-0.3, -0.25) is 0 Å². The number of rotatable bonds is 4. The summed E-state index contributed by atoms with van der Waals surface area (Å²) in [6.07, 6.45) is 3.75. The normalized spacial score (nSPS) is 17.2. The van der Waals surface area contributed by atoms with Crippen LogP contribution in [0.25, 0.3) is 16.8 Å². The number of likely N-dealkylation sites (tertiary alicyclic amines) is 1. The smallest absolute Gasteiger partial charge is 0.321 e. The first-order valence-corrected chi connectivity index (χ1v) is 12.3. The van der Waals surface area contributed by atoms with E-state index in [0.717, 1.165) is 41.2 Å². The van der Waals surface area contributed by atoms with E-state index in [9.17, 15) is 9.18 Å². The Labute approximate surface area is 213 Å². The van der Waals surface area contributed by atoms with E-state index < -0.39 is 5.82 Å². The van der Waals surface area contributed by atoms with Gasteiger partial charge in [0.1, 0.15) is 17.4 Å². The Bertz CT molecular complexity index is 1470. The van der Waals surface area contributed by atoms with Crippen LogP contribution in [-0.4, -0.2) is 47.3 Å². The molecule has 2 amide bonds. The zero-order valence-electron chi connectivity index (χ0n) is 20.4. The van der Waals surface area contributed by atoms with Gasteiger partial charge in [-0.25, -0.2) is 14.2 Å². The van der Waals surface area contributed by atoms with Crippen LogP contribution in [-0.2, 0) is 11.3 Å². The second-order valence-electron chi connectivity index (χ2n) is 9.27. The second kappa shape index (κ2) is 9.74. The van der Waals surface area contributed by atoms with Gasteiger partial charge in [0.2, 0.25) is 0 Å². The Morgan fingerprint density at radius 3 is 3.00 bits per heavy atom. The summed E-state index contributed by atoms with van der Waals surface area (Å²) in [6.45, 7) is 1.41. The van der Waals surface area contributed by atoms with Gasteiger partial charge in [-0.15, -0.1) is 0 Å². The highest BCUT2D eigenvalue weighted by molar-refractivity contribution is 5.91. The predicted molar refractivity (Wildman–Crippen MR) is 136 cm³/mol. The highest BCUT2D eigenvalue weighted by Crippen LogP contribution is 2.35. The molecule has 0 aliphatic carbocycles. The number of hydrogen-bond donors (Lipinski definition) is 1. The molecule has 2 aliphatic rings. The lowest BCUT2D eigenvalue weighted by molar-refractivity contribution is -0.0160. The van der Waals surface area contributed by atoms with Crippen molar-refractivity contribution in [1.29, 1.82) is 0 Å².